The quantitative estimate of drug-likeness (QED) is 0.501. The molecule has 78 valence electrons. The van der Waals surface area contributed by atoms with Crippen LogP contribution >= 0.6 is 0 Å². The van der Waals surface area contributed by atoms with Crippen molar-refractivity contribution in [3.8, 4) is 0 Å². The summed E-state index contributed by atoms with van der Waals surface area (Å²) in [7, 11) is 0. The van der Waals surface area contributed by atoms with Crippen LogP contribution in [0.3, 0.4) is 0 Å². The van der Waals surface area contributed by atoms with Gasteiger partial charge in [0.15, 0.2) is 6.23 Å². The van der Waals surface area contributed by atoms with Crippen molar-refractivity contribution in [2.75, 3.05) is 6.61 Å². The van der Waals surface area contributed by atoms with Crippen LogP contribution in [-0.2, 0) is 9.53 Å². The van der Waals surface area contributed by atoms with Crippen LogP contribution in [0.4, 0.5) is 9.18 Å². The molecule has 0 saturated carbocycles. The third-order valence-electron chi connectivity index (χ3n) is 1.65. The molecular formula is C8H11FN2O3. The van der Waals surface area contributed by atoms with E-state index in [9.17, 15) is 14.0 Å². The summed E-state index contributed by atoms with van der Waals surface area (Å²) in [6, 6.07) is -0.743. The number of carbonyl (C=O) groups is 2. The van der Waals surface area contributed by atoms with Crippen molar-refractivity contribution >= 4 is 11.9 Å². The lowest BCUT2D eigenvalue weighted by atomic mass is 10.3. The van der Waals surface area contributed by atoms with E-state index in [0.29, 0.717) is 6.42 Å². The maximum atomic E-state index is 13.1. The number of alkyl halides is 1. The molecule has 0 aromatic rings. The summed E-state index contributed by atoms with van der Waals surface area (Å²) in [5, 5.41) is 3.94. The van der Waals surface area contributed by atoms with Crippen LogP contribution in [0.25, 0.3) is 0 Å². The van der Waals surface area contributed by atoms with Gasteiger partial charge in [-0.1, -0.05) is 6.08 Å². The van der Waals surface area contributed by atoms with E-state index in [4.69, 9.17) is 4.74 Å². The Bertz CT molecular complexity index is 257. The molecule has 1 saturated heterocycles. The number of imide groups is 1. The minimum absolute atomic E-state index is 0.210. The van der Waals surface area contributed by atoms with Crippen molar-refractivity contribution in [3.05, 3.63) is 12.7 Å². The molecule has 0 radical (unpaired) electrons. The molecule has 0 aromatic heterocycles. The van der Waals surface area contributed by atoms with Gasteiger partial charge in [0.2, 0.25) is 6.17 Å². The molecule has 2 atom stereocenters. The molecule has 1 aliphatic rings. The molecule has 1 rings (SSSR count). The standard InChI is InChI=1S/C8H11FN2O3/c1-2-3-4-14-7-5(9)6(12)10-8(13)11-7/h2,5,7H,1,3-4H2,(H2,10,11,12,13)/t5-,7-/m0/s1. The van der Waals surface area contributed by atoms with Gasteiger partial charge < -0.3 is 10.1 Å². The molecule has 0 aliphatic carbocycles. The zero-order valence-corrected chi connectivity index (χ0v) is 7.46. The van der Waals surface area contributed by atoms with Gasteiger partial charge >= 0.3 is 6.03 Å². The highest BCUT2D eigenvalue weighted by molar-refractivity contribution is 5.99. The van der Waals surface area contributed by atoms with Crippen molar-refractivity contribution in [1.29, 1.82) is 0 Å². The van der Waals surface area contributed by atoms with Crippen LogP contribution < -0.4 is 10.6 Å². The summed E-state index contributed by atoms with van der Waals surface area (Å²) >= 11 is 0. The number of nitrogens with one attached hydrogen (secondary N) is 2. The largest absolute Gasteiger partial charge is 0.354 e. The van der Waals surface area contributed by atoms with Crippen LogP contribution in [-0.4, -0.2) is 30.9 Å². The lowest BCUT2D eigenvalue weighted by molar-refractivity contribution is -0.134. The fourth-order valence-corrected chi connectivity index (χ4v) is 0.961. The normalized spacial score (nSPS) is 26.6. The van der Waals surface area contributed by atoms with Gasteiger partial charge in [-0.15, -0.1) is 6.58 Å². The smallest absolute Gasteiger partial charge is 0.323 e. The van der Waals surface area contributed by atoms with Crippen molar-refractivity contribution in [2.45, 2.75) is 18.8 Å². The van der Waals surface area contributed by atoms with E-state index < -0.39 is 24.3 Å². The first-order valence-electron chi connectivity index (χ1n) is 4.13. The number of hydrogen-bond donors (Lipinski definition) is 2. The van der Waals surface area contributed by atoms with Gasteiger partial charge in [0, 0.05) is 0 Å². The maximum Gasteiger partial charge on any atom is 0.323 e. The Morgan fingerprint density at radius 1 is 1.57 bits per heavy atom. The highest BCUT2D eigenvalue weighted by atomic mass is 19.1. The molecule has 1 aliphatic heterocycles. The second kappa shape index (κ2) is 4.71. The molecule has 3 amide bonds. The molecule has 0 unspecified atom stereocenters. The predicted octanol–water partition coefficient (Wildman–Crippen LogP) is 0.0827. The van der Waals surface area contributed by atoms with Crippen LogP contribution in [0.1, 0.15) is 6.42 Å². The fraction of sp³-hybridized carbons (Fsp3) is 0.500. The SMILES string of the molecule is C=CCCO[C@@H]1NC(=O)NC(=O)[C@@H]1F. The average molecular weight is 202 g/mol. The summed E-state index contributed by atoms with van der Waals surface area (Å²) in [5.41, 5.74) is 0. The zero-order chi connectivity index (χ0) is 10.6. The molecule has 1 heterocycles. The van der Waals surface area contributed by atoms with Crippen LogP contribution in [0.2, 0.25) is 0 Å². The summed E-state index contributed by atoms with van der Waals surface area (Å²) < 4.78 is 18.0. The Labute approximate surface area is 80.3 Å². The molecule has 0 spiro atoms. The predicted molar refractivity (Wildman–Crippen MR) is 46.1 cm³/mol. The van der Waals surface area contributed by atoms with Crippen molar-refractivity contribution in [3.63, 3.8) is 0 Å². The Morgan fingerprint density at radius 3 is 2.93 bits per heavy atom. The van der Waals surface area contributed by atoms with Gasteiger partial charge in [0.05, 0.1) is 6.61 Å². The monoisotopic (exact) mass is 202 g/mol. The number of amides is 3. The molecule has 0 bridgehead atoms. The molecule has 1 fully saturated rings. The Hall–Kier alpha value is -1.43. The van der Waals surface area contributed by atoms with Gasteiger partial charge in [0.1, 0.15) is 0 Å². The Morgan fingerprint density at radius 2 is 2.29 bits per heavy atom. The summed E-state index contributed by atoms with van der Waals surface area (Å²) in [6.45, 7) is 3.66. The molecule has 14 heavy (non-hydrogen) atoms. The highest BCUT2D eigenvalue weighted by Crippen LogP contribution is 2.06. The van der Waals surface area contributed by atoms with Crippen LogP contribution in [0.15, 0.2) is 12.7 Å². The molecule has 6 heteroatoms. The van der Waals surface area contributed by atoms with Gasteiger partial charge in [-0.2, -0.15) is 0 Å². The van der Waals surface area contributed by atoms with E-state index in [0.717, 1.165) is 0 Å². The molecule has 0 aromatic carbocycles. The lowest BCUT2D eigenvalue weighted by Gasteiger charge is -2.26. The average Bonchev–Trinajstić information content (AvgIpc) is 2.13. The first-order chi connectivity index (χ1) is 6.65. The van der Waals surface area contributed by atoms with Crippen molar-refractivity contribution in [2.24, 2.45) is 0 Å². The molecular weight excluding hydrogens is 191 g/mol. The van der Waals surface area contributed by atoms with E-state index in [2.05, 4.69) is 11.9 Å². The van der Waals surface area contributed by atoms with Crippen molar-refractivity contribution < 1.29 is 18.7 Å². The number of halogens is 1. The first-order valence-corrected chi connectivity index (χ1v) is 4.13. The highest BCUT2D eigenvalue weighted by Gasteiger charge is 2.36. The molecule has 2 N–H and O–H groups in total. The number of hydrogen-bond acceptors (Lipinski definition) is 3. The van der Waals surface area contributed by atoms with E-state index >= 15 is 0 Å². The van der Waals surface area contributed by atoms with E-state index in [1.165, 1.54) is 0 Å². The second-order valence-corrected chi connectivity index (χ2v) is 2.73. The zero-order valence-electron chi connectivity index (χ0n) is 7.46. The second-order valence-electron chi connectivity index (χ2n) is 2.73. The number of rotatable bonds is 4. The molecule has 5 nitrogen and oxygen atoms in total. The van der Waals surface area contributed by atoms with Crippen molar-refractivity contribution in [1.82, 2.24) is 10.6 Å². The lowest BCUT2D eigenvalue weighted by Crippen LogP contribution is -2.60. The summed E-state index contributed by atoms with van der Waals surface area (Å²) in [5.74, 6) is -0.975. The fourth-order valence-electron chi connectivity index (χ4n) is 0.961. The minimum Gasteiger partial charge on any atom is -0.354 e. The van der Waals surface area contributed by atoms with Crippen LogP contribution in [0, 0.1) is 0 Å². The Balaban J connectivity index is 2.45. The Kier molecular flexibility index (Phi) is 3.58. The summed E-state index contributed by atoms with van der Waals surface area (Å²) in [4.78, 5) is 21.6. The minimum atomic E-state index is -1.86. The van der Waals surface area contributed by atoms with Crippen LogP contribution in [0.5, 0.6) is 0 Å². The number of ether oxygens (including phenoxy) is 1. The van der Waals surface area contributed by atoms with E-state index in [-0.39, 0.29) is 6.61 Å². The van der Waals surface area contributed by atoms with Gasteiger partial charge in [0.25, 0.3) is 5.91 Å². The maximum absolute atomic E-state index is 13.1. The topological polar surface area (TPSA) is 67.4 Å². The summed E-state index contributed by atoms with van der Waals surface area (Å²) in [6.07, 6.45) is -0.938. The van der Waals surface area contributed by atoms with Gasteiger partial charge in [-0.3, -0.25) is 10.1 Å². The third kappa shape index (κ3) is 2.53. The van der Waals surface area contributed by atoms with E-state index in [1.54, 1.807) is 11.4 Å². The first kappa shape index (κ1) is 10.6. The van der Waals surface area contributed by atoms with Gasteiger partial charge in [-0.05, 0) is 6.42 Å². The number of urea groups is 1. The van der Waals surface area contributed by atoms with Gasteiger partial charge in [-0.25, -0.2) is 9.18 Å². The third-order valence-corrected chi connectivity index (χ3v) is 1.65. The number of carbonyl (C=O) groups excluding carboxylic acids is 2. The van der Waals surface area contributed by atoms with E-state index in [1.807, 2.05) is 0 Å².